The molecule has 8 heteroatoms. The summed E-state index contributed by atoms with van der Waals surface area (Å²) in [6, 6.07) is 0. The number of aliphatic imine (C=N–C) groups is 1. The molecule has 158 valence electrons. The number of hydrogen-bond donors (Lipinski definition) is 1. The molecule has 0 spiro atoms. The van der Waals surface area contributed by atoms with Crippen LogP contribution in [0.4, 0.5) is 0 Å². The minimum atomic E-state index is -0.112. The average molecular weight is 496 g/mol. The first-order valence-electron chi connectivity index (χ1n) is 9.91. The topological polar surface area (TPSA) is 66.4 Å². The van der Waals surface area contributed by atoms with Crippen molar-refractivity contribution in [2.45, 2.75) is 26.7 Å². The second-order valence-electron chi connectivity index (χ2n) is 7.48. The molecule has 2 atom stereocenters. The predicted octanol–water partition coefficient (Wildman–Crippen LogP) is 1.67. The molecule has 2 heterocycles. The molecular weight excluding hydrogens is 459 g/mol. The number of methoxy groups -OCH3 is 2. The molecule has 0 bridgehead atoms. The lowest BCUT2D eigenvalue weighted by atomic mass is 9.97. The zero-order valence-electron chi connectivity index (χ0n) is 17.3. The average Bonchev–Trinajstić information content (AvgIpc) is 3.05. The zero-order valence-corrected chi connectivity index (χ0v) is 19.6. The van der Waals surface area contributed by atoms with Crippen LogP contribution in [-0.4, -0.2) is 88.4 Å². The second kappa shape index (κ2) is 12.8. The Balaban J connectivity index is 0.00000364. The maximum atomic E-state index is 11.9. The van der Waals surface area contributed by atoms with Crippen molar-refractivity contribution in [1.29, 1.82) is 0 Å². The minimum Gasteiger partial charge on any atom is -0.469 e. The van der Waals surface area contributed by atoms with Crippen molar-refractivity contribution in [1.82, 2.24) is 15.1 Å². The van der Waals surface area contributed by atoms with E-state index in [1.54, 1.807) is 7.11 Å². The van der Waals surface area contributed by atoms with Gasteiger partial charge in [-0.2, -0.15) is 0 Å². The fraction of sp³-hybridized carbons (Fsp3) is 0.895. The highest BCUT2D eigenvalue weighted by atomic mass is 127. The molecule has 0 aromatic heterocycles. The van der Waals surface area contributed by atoms with Gasteiger partial charge in [0.2, 0.25) is 0 Å². The summed E-state index contributed by atoms with van der Waals surface area (Å²) in [4.78, 5) is 21.5. The van der Waals surface area contributed by atoms with Gasteiger partial charge in [0.1, 0.15) is 0 Å². The van der Waals surface area contributed by atoms with Crippen LogP contribution in [0.3, 0.4) is 0 Å². The molecule has 7 nitrogen and oxygen atoms in total. The maximum absolute atomic E-state index is 11.9. The Morgan fingerprint density at radius 3 is 2.52 bits per heavy atom. The van der Waals surface area contributed by atoms with Gasteiger partial charge in [0, 0.05) is 39.8 Å². The molecule has 2 rings (SSSR count). The monoisotopic (exact) mass is 496 g/mol. The Bertz CT molecular complexity index is 470. The van der Waals surface area contributed by atoms with E-state index in [1.165, 1.54) is 20.0 Å². The molecule has 2 unspecified atom stereocenters. The number of guanidine groups is 1. The van der Waals surface area contributed by atoms with Crippen LogP contribution >= 0.6 is 24.0 Å². The van der Waals surface area contributed by atoms with Crippen molar-refractivity contribution in [2.75, 3.05) is 66.6 Å². The Morgan fingerprint density at radius 1 is 1.22 bits per heavy atom. The van der Waals surface area contributed by atoms with Crippen molar-refractivity contribution in [3.05, 3.63) is 0 Å². The number of hydrogen-bond acceptors (Lipinski definition) is 5. The van der Waals surface area contributed by atoms with Gasteiger partial charge < -0.3 is 24.6 Å². The summed E-state index contributed by atoms with van der Waals surface area (Å²) in [5.41, 5.74) is 0. The highest BCUT2D eigenvalue weighted by molar-refractivity contribution is 14.0. The van der Waals surface area contributed by atoms with Crippen LogP contribution in [0.15, 0.2) is 4.99 Å². The van der Waals surface area contributed by atoms with Crippen LogP contribution in [0.25, 0.3) is 0 Å². The summed E-state index contributed by atoms with van der Waals surface area (Å²) < 4.78 is 10.1. The smallest absolute Gasteiger partial charge is 0.310 e. The molecule has 2 aliphatic rings. The molecule has 27 heavy (non-hydrogen) atoms. The number of nitrogens with one attached hydrogen (secondary N) is 1. The van der Waals surface area contributed by atoms with Crippen LogP contribution < -0.4 is 5.32 Å². The van der Waals surface area contributed by atoms with Gasteiger partial charge in [-0.25, -0.2) is 0 Å². The van der Waals surface area contributed by atoms with Gasteiger partial charge in [-0.3, -0.25) is 9.79 Å². The summed E-state index contributed by atoms with van der Waals surface area (Å²) in [7, 11) is 3.23. The summed E-state index contributed by atoms with van der Waals surface area (Å²) in [5, 5.41) is 3.40. The van der Waals surface area contributed by atoms with Gasteiger partial charge in [-0.15, -0.1) is 24.0 Å². The van der Waals surface area contributed by atoms with E-state index >= 15 is 0 Å². The quantitative estimate of drug-likeness (QED) is 0.251. The van der Waals surface area contributed by atoms with Crippen molar-refractivity contribution < 1.29 is 14.3 Å². The van der Waals surface area contributed by atoms with Crippen LogP contribution in [0.5, 0.6) is 0 Å². The van der Waals surface area contributed by atoms with Gasteiger partial charge >= 0.3 is 5.97 Å². The van der Waals surface area contributed by atoms with Crippen molar-refractivity contribution >= 4 is 35.9 Å². The summed E-state index contributed by atoms with van der Waals surface area (Å²) in [6.07, 6.45) is 2.38. The van der Waals surface area contributed by atoms with Gasteiger partial charge in [0.15, 0.2) is 5.96 Å². The van der Waals surface area contributed by atoms with Crippen molar-refractivity contribution in [3.63, 3.8) is 0 Å². The largest absolute Gasteiger partial charge is 0.469 e. The molecule has 0 saturated carbocycles. The van der Waals surface area contributed by atoms with E-state index in [9.17, 15) is 4.79 Å². The molecular formula is C19H37IN4O3. The first kappa shape index (κ1) is 24.4. The minimum absolute atomic E-state index is 0. The van der Waals surface area contributed by atoms with E-state index in [4.69, 9.17) is 14.5 Å². The summed E-state index contributed by atoms with van der Waals surface area (Å²) in [6.45, 7) is 11.5. The normalized spacial score (nSPS) is 24.6. The zero-order chi connectivity index (χ0) is 18.9. The lowest BCUT2D eigenvalue weighted by Gasteiger charge is -2.31. The Morgan fingerprint density at radius 2 is 1.93 bits per heavy atom. The van der Waals surface area contributed by atoms with Gasteiger partial charge in [0.05, 0.1) is 19.6 Å². The maximum Gasteiger partial charge on any atom is 0.310 e. The van der Waals surface area contributed by atoms with E-state index in [-0.39, 0.29) is 41.8 Å². The number of esters is 1. The number of piperidine rings is 1. The van der Waals surface area contributed by atoms with Crippen LogP contribution in [0, 0.1) is 17.8 Å². The van der Waals surface area contributed by atoms with Gasteiger partial charge in [-0.05, 0) is 44.7 Å². The van der Waals surface area contributed by atoms with Crippen LogP contribution in [0.1, 0.15) is 26.7 Å². The number of rotatable bonds is 7. The van der Waals surface area contributed by atoms with E-state index in [2.05, 4.69) is 29.0 Å². The van der Waals surface area contributed by atoms with E-state index in [0.717, 1.165) is 51.8 Å². The van der Waals surface area contributed by atoms with Gasteiger partial charge in [-0.1, -0.05) is 6.92 Å². The third-order valence-corrected chi connectivity index (χ3v) is 5.57. The van der Waals surface area contributed by atoms with Gasteiger partial charge in [0.25, 0.3) is 0 Å². The highest BCUT2D eigenvalue weighted by Crippen LogP contribution is 2.24. The lowest BCUT2D eigenvalue weighted by Crippen LogP contribution is -2.41. The number of halogens is 1. The first-order chi connectivity index (χ1) is 12.6. The predicted molar refractivity (Wildman–Crippen MR) is 119 cm³/mol. The fourth-order valence-corrected chi connectivity index (χ4v) is 3.85. The molecule has 2 aliphatic heterocycles. The molecule has 1 N–H and O–H groups in total. The highest BCUT2D eigenvalue weighted by Gasteiger charge is 2.37. The molecule has 0 aromatic rings. The summed E-state index contributed by atoms with van der Waals surface area (Å²) in [5.74, 6) is 1.69. The van der Waals surface area contributed by atoms with Crippen molar-refractivity contribution in [2.24, 2.45) is 22.7 Å². The third kappa shape index (κ3) is 7.38. The number of carbonyl (C=O) groups is 1. The number of ether oxygens (including phenoxy) is 2. The standard InChI is InChI=1S/C19H36N4O3.HI/c1-5-20-19(23-13-15(2)17(14-23)18(24)26-4)21-12-16-6-8-22(9-7-16)10-11-25-3;/h15-17H,5-14H2,1-4H3,(H,20,21);1H. The Labute approximate surface area is 181 Å². The number of nitrogens with zero attached hydrogens (tertiary/aromatic N) is 3. The fourth-order valence-electron chi connectivity index (χ4n) is 3.85. The molecule has 0 aliphatic carbocycles. The van der Waals surface area contributed by atoms with Crippen LogP contribution in [0.2, 0.25) is 0 Å². The Hall–Kier alpha value is -0.610. The molecule has 0 amide bonds. The number of carbonyl (C=O) groups excluding carboxylic acids is 1. The molecule has 2 saturated heterocycles. The molecule has 0 radical (unpaired) electrons. The third-order valence-electron chi connectivity index (χ3n) is 5.57. The number of likely N-dealkylation sites (tertiary alicyclic amines) is 2. The first-order valence-corrected chi connectivity index (χ1v) is 9.91. The molecule has 2 fully saturated rings. The molecule has 0 aromatic carbocycles. The Kier molecular flexibility index (Phi) is 11.6. The van der Waals surface area contributed by atoms with E-state index in [0.29, 0.717) is 12.5 Å². The summed E-state index contributed by atoms with van der Waals surface area (Å²) >= 11 is 0. The SMILES string of the molecule is CCNC(=NCC1CCN(CCOC)CC1)N1CC(C)C(C(=O)OC)C1.I. The van der Waals surface area contributed by atoms with Crippen LogP contribution in [-0.2, 0) is 14.3 Å². The van der Waals surface area contributed by atoms with Crippen molar-refractivity contribution in [3.8, 4) is 0 Å². The second-order valence-corrected chi connectivity index (χ2v) is 7.48. The van der Waals surface area contributed by atoms with E-state index in [1.807, 2.05) is 0 Å². The lowest BCUT2D eigenvalue weighted by molar-refractivity contribution is -0.145. The van der Waals surface area contributed by atoms with E-state index < -0.39 is 0 Å².